The minimum Gasteiger partial charge on any atom is -0.447 e. The molecule has 5 nitrogen and oxygen atoms in total. The van der Waals surface area contributed by atoms with Gasteiger partial charge in [-0.05, 0) is 18.7 Å². The number of nitro benzene ring substituents is 1. The topological polar surface area (TPSA) is 64.4 Å². The van der Waals surface area contributed by atoms with Crippen LogP contribution in [0.1, 0.15) is 12.5 Å². The Morgan fingerprint density at radius 1 is 1.24 bits per heavy atom. The summed E-state index contributed by atoms with van der Waals surface area (Å²) >= 11 is 0. The molecule has 0 atom stereocenters. The van der Waals surface area contributed by atoms with Crippen molar-refractivity contribution in [2.45, 2.75) is 13.5 Å². The van der Waals surface area contributed by atoms with E-state index >= 15 is 0 Å². The number of rotatable bonds is 6. The molecule has 0 aromatic heterocycles. The second-order valence-corrected chi connectivity index (χ2v) is 4.34. The molecule has 110 valence electrons. The molecule has 0 saturated heterocycles. The second kappa shape index (κ2) is 6.81. The molecule has 0 unspecified atom stereocenters. The average Bonchev–Trinajstić information content (AvgIpc) is 2.48. The molecule has 0 aliphatic rings. The third kappa shape index (κ3) is 3.55. The van der Waals surface area contributed by atoms with Crippen LogP contribution in [0.2, 0.25) is 0 Å². The van der Waals surface area contributed by atoms with E-state index in [0.717, 1.165) is 6.54 Å². The van der Waals surface area contributed by atoms with Crippen LogP contribution in [-0.2, 0) is 6.54 Å². The highest BCUT2D eigenvalue weighted by Gasteiger charge is 2.18. The van der Waals surface area contributed by atoms with E-state index in [2.05, 4.69) is 5.32 Å². The molecule has 0 bridgehead atoms. The monoisotopic (exact) mass is 290 g/mol. The fraction of sp³-hybridized carbons (Fsp3) is 0.200. The molecule has 0 spiro atoms. The predicted molar refractivity (Wildman–Crippen MR) is 77.0 cm³/mol. The summed E-state index contributed by atoms with van der Waals surface area (Å²) in [5.74, 6) is -0.526. The van der Waals surface area contributed by atoms with Crippen LogP contribution in [0.25, 0.3) is 0 Å². The van der Waals surface area contributed by atoms with E-state index in [0.29, 0.717) is 12.1 Å². The Balaban J connectivity index is 2.37. The van der Waals surface area contributed by atoms with Gasteiger partial charge < -0.3 is 10.1 Å². The number of nitrogens with zero attached hydrogens (tertiary/aromatic N) is 1. The number of nitrogens with one attached hydrogen (secondary N) is 1. The molecule has 21 heavy (non-hydrogen) atoms. The molecular formula is C15H15FN2O3. The Hall–Kier alpha value is -2.47. The van der Waals surface area contributed by atoms with Crippen LogP contribution in [0.3, 0.4) is 0 Å². The van der Waals surface area contributed by atoms with Crippen molar-refractivity contribution in [3.63, 3.8) is 0 Å². The Bertz CT molecular complexity index is 647. The summed E-state index contributed by atoms with van der Waals surface area (Å²) in [4.78, 5) is 10.4. The zero-order valence-electron chi connectivity index (χ0n) is 11.5. The summed E-state index contributed by atoms with van der Waals surface area (Å²) in [6.07, 6.45) is 0. The maximum Gasteiger partial charge on any atom is 0.311 e. The number of benzene rings is 2. The Morgan fingerprint density at radius 2 is 2.00 bits per heavy atom. The van der Waals surface area contributed by atoms with Gasteiger partial charge in [0.1, 0.15) is 0 Å². The number of hydrogen-bond acceptors (Lipinski definition) is 4. The lowest BCUT2D eigenvalue weighted by Crippen LogP contribution is -2.13. The average molecular weight is 290 g/mol. The molecule has 0 fully saturated rings. The second-order valence-electron chi connectivity index (χ2n) is 4.34. The molecule has 6 heteroatoms. The normalized spacial score (nSPS) is 10.4. The van der Waals surface area contributed by atoms with Crippen molar-refractivity contribution >= 4 is 5.69 Å². The van der Waals surface area contributed by atoms with Crippen molar-refractivity contribution in [3.8, 4) is 11.5 Å². The first-order valence-corrected chi connectivity index (χ1v) is 6.53. The van der Waals surface area contributed by atoms with Crippen molar-refractivity contribution in [2.24, 2.45) is 0 Å². The Morgan fingerprint density at radius 3 is 2.71 bits per heavy atom. The highest BCUT2D eigenvalue weighted by atomic mass is 19.1. The molecule has 0 heterocycles. The summed E-state index contributed by atoms with van der Waals surface area (Å²) < 4.78 is 19.4. The molecule has 2 aromatic rings. The smallest absolute Gasteiger partial charge is 0.311 e. The van der Waals surface area contributed by atoms with Gasteiger partial charge >= 0.3 is 5.69 Å². The number of nitro groups is 1. The molecule has 0 aliphatic carbocycles. The van der Waals surface area contributed by atoms with E-state index in [4.69, 9.17) is 4.74 Å². The minimum atomic E-state index is -0.555. The SMILES string of the molecule is CCNCc1cccc(F)c1Oc1ccccc1[N+](=O)[O-]. The van der Waals surface area contributed by atoms with Crippen LogP contribution in [0, 0.1) is 15.9 Å². The maximum atomic E-state index is 14.0. The molecule has 0 aliphatic heterocycles. The fourth-order valence-electron chi connectivity index (χ4n) is 1.87. The van der Waals surface area contributed by atoms with Crippen LogP contribution in [0.15, 0.2) is 42.5 Å². The van der Waals surface area contributed by atoms with Crippen molar-refractivity contribution in [1.82, 2.24) is 5.32 Å². The van der Waals surface area contributed by atoms with Crippen LogP contribution in [0.4, 0.5) is 10.1 Å². The Kier molecular flexibility index (Phi) is 4.84. The Labute approximate surface area is 121 Å². The van der Waals surface area contributed by atoms with E-state index in [9.17, 15) is 14.5 Å². The molecule has 1 N–H and O–H groups in total. The van der Waals surface area contributed by atoms with Gasteiger partial charge in [-0.2, -0.15) is 0 Å². The van der Waals surface area contributed by atoms with Gasteiger partial charge in [0.2, 0.25) is 5.75 Å². The molecule has 2 rings (SSSR count). The van der Waals surface area contributed by atoms with Gasteiger partial charge in [-0.15, -0.1) is 0 Å². The summed E-state index contributed by atoms with van der Waals surface area (Å²) in [6, 6.07) is 10.5. The van der Waals surface area contributed by atoms with Gasteiger partial charge in [0.25, 0.3) is 0 Å². The van der Waals surface area contributed by atoms with Crippen molar-refractivity contribution in [1.29, 1.82) is 0 Å². The third-order valence-electron chi connectivity index (χ3n) is 2.89. The third-order valence-corrected chi connectivity index (χ3v) is 2.89. The van der Waals surface area contributed by atoms with E-state index in [1.165, 1.54) is 24.3 Å². The van der Waals surface area contributed by atoms with Gasteiger partial charge in [0.15, 0.2) is 11.6 Å². The molecule has 0 radical (unpaired) electrons. The largest absolute Gasteiger partial charge is 0.447 e. The summed E-state index contributed by atoms with van der Waals surface area (Å²) in [7, 11) is 0. The maximum absolute atomic E-state index is 14.0. The van der Waals surface area contributed by atoms with Crippen molar-refractivity contribution < 1.29 is 14.1 Å². The summed E-state index contributed by atoms with van der Waals surface area (Å²) in [6.45, 7) is 3.08. The molecular weight excluding hydrogens is 275 g/mol. The highest BCUT2D eigenvalue weighted by Crippen LogP contribution is 2.34. The van der Waals surface area contributed by atoms with Crippen LogP contribution >= 0.6 is 0 Å². The lowest BCUT2D eigenvalue weighted by Gasteiger charge is -2.12. The number of ether oxygens (including phenoxy) is 1. The van der Waals surface area contributed by atoms with E-state index < -0.39 is 10.7 Å². The lowest BCUT2D eigenvalue weighted by atomic mass is 10.2. The van der Waals surface area contributed by atoms with E-state index in [1.807, 2.05) is 6.92 Å². The molecule has 0 amide bonds. The number of hydrogen-bond donors (Lipinski definition) is 1. The zero-order chi connectivity index (χ0) is 15.2. The van der Waals surface area contributed by atoms with Gasteiger partial charge in [0.05, 0.1) is 4.92 Å². The number of halogens is 1. The summed E-state index contributed by atoms with van der Waals surface area (Å²) in [5.41, 5.74) is 0.408. The van der Waals surface area contributed by atoms with Crippen LogP contribution in [-0.4, -0.2) is 11.5 Å². The molecule has 2 aromatic carbocycles. The highest BCUT2D eigenvalue weighted by molar-refractivity contribution is 5.49. The van der Waals surface area contributed by atoms with Crippen LogP contribution in [0.5, 0.6) is 11.5 Å². The van der Waals surface area contributed by atoms with Gasteiger partial charge in [0, 0.05) is 18.2 Å². The van der Waals surface area contributed by atoms with Crippen molar-refractivity contribution in [3.05, 3.63) is 64.0 Å². The first-order chi connectivity index (χ1) is 10.1. The minimum absolute atomic E-state index is 0.00718. The fourth-order valence-corrected chi connectivity index (χ4v) is 1.87. The first kappa shape index (κ1) is 14.9. The van der Waals surface area contributed by atoms with Gasteiger partial charge in [-0.1, -0.05) is 31.2 Å². The lowest BCUT2D eigenvalue weighted by molar-refractivity contribution is -0.385. The van der Waals surface area contributed by atoms with Crippen LogP contribution < -0.4 is 10.1 Å². The number of para-hydroxylation sites is 3. The van der Waals surface area contributed by atoms with Gasteiger partial charge in [-0.25, -0.2) is 4.39 Å². The van der Waals surface area contributed by atoms with Gasteiger partial charge in [-0.3, -0.25) is 10.1 Å². The quantitative estimate of drug-likeness (QED) is 0.651. The van der Waals surface area contributed by atoms with Crippen molar-refractivity contribution in [2.75, 3.05) is 6.54 Å². The zero-order valence-corrected chi connectivity index (χ0v) is 11.5. The van der Waals surface area contributed by atoms with E-state index in [1.54, 1.807) is 18.2 Å². The molecule has 0 saturated carbocycles. The predicted octanol–water partition coefficient (Wildman–Crippen LogP) is 3.64. The van der Waals surface area contributed by atoms with E-state index in [-0.39, 0.29) is 17.2 Å². The summed E-state index contributed by atoms with van der Waals surface area (Å²) in [5, 5.41) is 14.0. The first-order valence-electron chi connectivity index (χ1n) is 6.53. The standard InChI is InChI=1S/C15H15FN2O3/c1-2-17-10-11-6-5-7-12(16)15(11)21-14-9-4-3-8-13(14)18(19)20/h3-9,17H,2,10H2,1H3.